The van der Waals surface area contributed by atoms with Gasteiger partial charge in [0.1, 0.15) is 12.5 Å². The smallest absolute Gasteiger partial charge is 0.262 e. The fourth-order valence-electron chi connectivity index (χ4n) is 5.36. The molecule has 2 aliphatic heterocycles. The fraction of sp³-hybridized carbons (Fsp3) is 0.212. The second-order valence-electron chi connectivity index (χ2n) is 9.82. The molecule has 0 bridgehead atoms. The highest BCUT2D eigenvalue weighted by molar-refractivity contribution is 6.07. The van der Waals surface area contributed by atoms with Crippen molar-refractivity contribution in [2.75, 3.05) is 11.7 Å². The fourth-order valence-corrected chi connectivity index (χ4v) is 5.36. The van der Waals surface area contributed by atoms with E-state index < -0.39 is 18.1 Å². The molecule has 0 aromatic heterocycles. The molecule has 3 atom stereocenters. The minimum atomic E-state index is -0.911. The number of benzene rings is 4. The van der Waals surface area contributed by atoms with Crippen molar-refractivity contribution < 1.29 is 23.9 Å². The Morgan fingerprint density at radius 2 is 1.38 bits per heavy atom. The van der Waals surface area contributed by atoms with E-state index in [-0.39, 0.29) is 18.4 Å². The van der Waals surface area contributed by atoms with Crippen molar-refractivity contribution in [3.63, 3.8) is 0 Å². The molecule has 7 heteroatoms. The SMILES string of the molecule is CCOc1cc([C@@H]2[C@H]3C(=O)N(Cc4ccccc4)C(=O)[C@@H]3ON2c2ccccc2)ccc1OCc1ccccc1. The number of ether oxygens (including phenoxy) is 2. The molecule has 2 heterocycles. The van der Waals surface area contributed by atoms with Crippen molar-refractivity contribution in [3.8, 4) is 11.5 Å². The predicted molar refractivity (Wildman–Crippen MR) is 150 cm³/mol. The molecule has 0 aliphatic carbocycles. The lowest BCUT2D eigenvalue weighted by Crippen LogP contribution is -2.36. The first-order valence-electron chi connectivity index (χ1n) is 13.5. The summed E-state index contributed by atoms with van der Waals surface area (Å²) in [6.07, 6.45) is -0.911. The van der Waals surface area contributed by atoms with E-state index in [1.165, 1.54) is 4.90 Å². The Morgan fingerprint density at radius 3 is 2.05 bits per heavy atom. The summed E-state index contributed by atoms with van der Waals surface area (Å²) in [5, 5.41) is 1.69. The van der Waals surface area contributed by atoms with Crippen LogP contribution >= 0.6 is 0 Å². The minimum Gasteiger partial charge on any atom is -0.490 e. The quantitative estimate of drug-likeness (QED) is 0.256. The lowest BCUT2D eigenvalue weighted by molar-refractivity contribution is -0.143. The van der Waals surface area contributed by atoms with Gasteiger partial charge in [0.05, 0.1) is 24.9 Å². The number of amides is 2. The third-order valence-electron chi connectivity index (χ3n) is 7.25. The number of likely N-dealkylation sites (tertiary alicyclic amines) is 1. The Kier molecular flexibility index (Phi) is 7.21. The van der Waals surface area contributed by atoms with Crippen LogP contribution in [-0.2, 0) is 27.6 Å². The van der Waals surface area contributed by atoms with E-state index in [0.717, 1.165) is 22.4 Å². The number of fused-ring (bicyclic) bond motifs is 1. The van der Waals surface area contributed by atoms with Gasteiger partial charge in [-0.25, -0.2) is 5.06 Å². The molecule has 0 N–H and O–H groups in total. The maximum atomic E-state index is 13.8. The molecule has 0 saturated carbocycles. The number of nitrogens with zero attached hydrogens (tertiary/aromatic N) is 2. The van der Waals surface area contributed by atoms with Gasteiger partial charge in [0.25, 0.3) is 5.91 Å². The standard InChI is InChI=1S/C33H30N2O5/c1-2-38-28-20-25(18-19-27(28)39-22-24-14-8-4-9-15-24)30-29-31(40-35(30)26-16-10-5-11-17-26)33(37)34(32(29)36)21-23-12-6-3-7-13-23/h3-20,29-31H,2,21-22H2,1H3/t29-,30-,31-/m1/s1. The van der Waals surface area contributed by atoms with Gasteiger partial charge in [0, 0.05) is 0 Å². The normalized spacial score (nSPS) is 20.1. The van der Waals surface area contributed by atoms with Gasteiger partial charge in [0.2, 0.25) is 5.91 Å². The number of carbonyl (C=O) groups is 2. The second-order valence-corrected chi connectivity index (χ2v) is 9.82. The van der Waals surface area contributed by atoms with Crippen LogP contribution in [0.4, 0.5) is 5.69 Å². The maximum absolute atomic E-state index is 13.8. The van der Waals surface area contributed by atoms with Crippen LogP contribution in [0.25, 0.3) is 0 Å². The third kappa shape index (κ3) is 4.92. The van der Waals surface area contributed by atoms with Crippen LogP contribution < -0.4 is 14.5 Å². The zero-order chi connectivity index (χ0) is 27.5. The molecule has 2 saturated heterocycles. The number of hydrogen-bond acceptors (Lipinski definition) is 6. The summed E-state index contributed by atoms with van der Waals surface area (Å²) in [6, 6.07) is 34.1. The molecular formula is C33H30N2O5. The summed E-state index contributed by atoms with van der Waals surface area (Å²) >= 11 is 0. The zero-order valence-electron chi connectivity index (χ0n) is 22.2. The maximum Gasteiger partial charge on any atom is 0.262 e. The van der Waals surface area contributed by atoms with Gasteiger partial charge in [-0.3, -0.25) is 19.3 Å². The first-order chi connectivity index (χ1) is 19.6. The predicted octanol–water partition coefficient (Wildman–Crippen LogP) is 5.71. The molecule has 7 nitrogen and oxygen atoms in total. The number of para-hydroxylation sites is 1. The summed E-state index contributed by atoms with van der Waals surface area (Å²) in [7, 11) is 0. The van der Waals surface area contributed by atoms with E-state index in [2.05, 4.69) is 0 Å². The monoisotopic (exact) mass is 534 g/mol. The van der Waals surface area contributed by atoms with Crippen molar-refractivity contribution in [1.29, 1.82) is 0 Å². The summed E-state index contributed by atoms with van der Waals surface area (Å²) < 4.78 is 12.1. The minimum absolute atomic E-state index is 0.212. The highest BCUT2D eigenvalue weighted by Crippen LogP contribution is 2.48. The van der Waals surface area contributed by atoms with E-state index >= 15 is 0 Å². The molecule has 2 aliphatic rings. The molecule has 2 amide bonds. The number of hydrogen-bond donors (Lipinski definition) is 0. The molecule has 0 radical (unpaired) electrons. The second kappa shape index (κ2) is 11.2. The topological polar surface area (TPSA) is 68.3 Å². The Hall–Kier alpha value is -4.62. The lowest BCUT2D eigenvalue weighted by atomic mass is 9.90. The molecule has 40 heavy (non-hydrogen) atoms. The summed E-state index contributed by atoms with van der Waals surface area (Å²) in [5.74, 6) is -0.0947. The summed E-state index contributed by atoms with van der Waals surface area (Å²) in [6.45, 7) is 2.97. The Labute approximate surface area is 233 Å². The first-order valence-corrected chi connectivity index (χ1v) is 13.5. The lowest BCUT2D eigenvalue weighted by Gasteiger charge is -2.29. The van der Waals surface area contributed by atoms with Gasteiger partial charge in [-0.2, -0.15) is 0 Å². The molecule has 4 aromatic rings. The largest absolute Gasteiger partial charge is 0.490 e. The Balaban J connectivity index is 1.34. The van der Waals surface area contributed by atoms with E-state index in [1.807, 2.05) is 116 Å². The van der Waals surface area contributed by atoms with Crippen molar-refractivity contribution in [3.05, 3.63) is 126 Å². The molecule has 0 spiro atoms. The highest BCUT2D eigenvalue weighted by Gasteiger charge is 2.59. The number of hydroxylamine groups is 1. The molecule has 4 aromatic carbocycles. The average molecular weight is 535 g/mol. The Bertz CT molecular complexity index is 1480. The van der Waals surface area contributed by atoms with E-state index in [1.54, 1.807) is 5.06 Å². The van der Waals surface area contributed by atoms with Crippen LogP contribution in [0.1, 0.15) is 29.7 Å². The Morgan fingerprint density at radius 1 is 0.725 bits per heavy atom. The molecule has 202 valence electrons. The van der Waals surface area contributed by atoms with Gasteiger partial charge >= 0.3 is 0 Å². The number of rotatable bonds is 9. The third-order valence-corrected chi connectivity index (χ3v) is 7.25. The van der Waals surface area contributed by atoms with Crippen LogP contribution in [-0.4, -0.2) is 29.4 Å². The summed E-state index contributed by atoms with van der Waals surface area (Å²) in [5.41, 5.74) is 3.50. The van der Waals surface area contributed by atoms with Crippen LogP contribution in [0.15, 0.2) is 109 Å². The number of imide groups is 1. The van der Waals surface area contributed by atoms with Crippen LogP contribution in [0, 0.1) is 5.92 Å². The van der Waals surface area contributed by atoms with Crippen molar-refractivity contribution in [1.82, 2.24) is 4.90 Å². The van der Waals surface area contributed by atoms with Gasteiger partial charge < -0.3 is 9.47 Å². The van der Waals surface area contributed by atoms with Gasteiger partial charge in [-0.1, -0.05) is 84.9 Å². The van der Waals surface area contributed by atoms with Crippen LogP contribution in [0.2, 0.25) is 0 Å². The highest BCUT2D eigenvalue weighted by atomic mass is 16.7. The van der Waals surface area contributed by atoms with E-state index in [4.69, 9.17) is 14.3 Å². The van der Waals surface area contributed by atoms with E-state index in [0.29, 0.717) is 24.7 Å². The van der Waals surface area contributed by atoms with E-state index in [9.17, 15) is 9.59 Å². The van der Waals surface area contributed by atoms with Crippen LogP contribution in [0.5, 0.6) is 11.5 Å². The van der Waals surface area contributed by atoms with Gasteiger partial charge in [-0.15, -0.1) is 0 Å². The van der Waals surface area contributed by atoms with Gasteiger partial charge in [0.15, 0.2) is 17.6 Å². The number of carbonyl (C=O) groups excluding carboxylic acids is 2. The zero-order valence-corrected chi connectivity index (χ0v) is 22.2. The number of anilines is 1. The average Bonchev–Trinajstić information content (AvgIpc) is 3.50. The first kappa shape index (κ1) is 25.6. The van der Waals surface area contributed by atoms with Gasteiger partial charge in [-0.05, 0) is 47.9 Å². The molecule has 6 rings (SSSR count). The molecule has 2 fully saturated rings. The molecule has 0 unspecified atom stereocenters. The van der Waals surface area contributed by atoms with Crippen LogP contribution in [0.3, 0.4) is 0 Å². The van der Waals surface area contributed by atoms with Crippen molar-refractivity contribution in [2.45, 2.75) is 32.2 Å². The van der Waals surface area contributed by atoms with Crippen molar-refractivity contribution in [2.24, 2.45) is 5.92 Å². The van der Waals surface area contributed by atoms with Crippen molar-refractivity contribution >= 4 is 17.5 Å². The molecular weight excluding hydrogens is 504 g/mol. The summed E-state index contributed by atoms with van der Waals surface area (Å²) in [4.78, 5) is 34.9.